The first-order valence-electron chi connectivity index (χ1n) is 7.36. The number of hydrogen-bond donors (Lipinski definition) is 2. The highest BCUT2D eigenvalue weighted by atomic mass is 35.5. The van der Waals surface area contributed by atoms with Gasteiger partial charge in [0, 0.05) is 18.7 Å². The number of hydrogen-bond acceptors (Lipinski definition) is 3. The van der Waals surface area contributed by atoms with Crippen molar-refractivity contribution in [3.8, 4) is 5.75 Å². The summed E-state index contributed by atoms with van der Waals surface area (Å²) in [6.07, 6.45) is 0.928. The minimum absolute atomic E-state index is 0. The Morgan fingerprint density at radius 3 is 2.86 bits per heavy atom. The summed E-state index contributed by atoms with van der Waals surface area (Å²) in [6, 6.07) is 7.90. The van der Waals surface area contributed by atoms with E-state index >= 15 is 0 Å². The smallest absolute Gasteiger partial charge is 0.224 e. The van der Waals surface area contributed by atoms with Gasteiger partial charge in [0.05, 0.1) is 12.5 Å². The van der Waals surface area contributed by atoms with Crippen molar-refractivity contribution >= 4 is 18.3 Å². The SMILES string of the molecule is CC(C)COc1ccccc1CNC(=O)C1CCNC1.Cl. The highest BCUT2D eigenvalue weighted by Crippen LogP contribution is 2.19. The zero-order chi connectivity index (χ0) is 14.4. The second-order valence-corrected chi connectivity index (χ2v) is 5.72. The Bertz CT molecular complexity index is 446. The lowest BCUT2D eigenvalue weighted by Gasteiger charge is -2.14. The molecule has 1 atom stereocenters. The zero-order valence-electron chi connectivity index (χ0n) is 12.7. The first-order valence-corrected chi connectivity index (χ1v) is 7.36. The molecule has 1 fully saturated rings. The predicted octanol–water partition coefficient (Wildman–Crippen LogP) is 2.37. The summed E-state index contributed by atoms with van der Waals surface area (Å²) in [7, 11) is 0. The van der Waals surface area contributed by atoms with Crippen molar-refractivity contribution in [1.29, 1.82) is 0 Å². The van der Waals surface area contributed by atoms with E-state index < -0.39 is 0 Å². The van der Waals surface area contributed by atoms with Crippen LogP contribution in [0.3, 0.4) is 0 Å². The highest BCUT2D eigenvalue weighted by Gasteiger charge is 2.22. The number of carbonyl (C=O) groups excluding carboxylic acids is 1. The minimum Gasteiger partial charge on any atom is -0.493 e. The van der Waals surface area contributed by atoms with Crippen molar-refractivity contribution < 1.29 is 9.53 Å². The first-order chi connectivity index (χ1) is 9.66. The molecule has 2 rings (SSSR count). The normalized spacial score (nSPS) is 17.4. The molecule has 1 unspecified atom stereocenters. The molecule has 0 bridgehead atoms. The van der Waals surface area contributed by atoms with E-state index in [1.165, 1.54) is 0 Å². The van der Waals surface area contributed by atoms with Crippen LogP contribution < -0.4 is 15.4 Å². The van der Waals surface area contributed by atoms with Gasteiger partial charge in [-0.05, 0) is 24.9 Å². The molecule has 5 heteroatoms. The van der Waals surface area contributed by atoms with E-state index in [2.05, 4.69) is 24.5 Å². The maximum Gasteiger partial charge on any atom is 0.224 e. The lowest BCUT2D eigenvalue weighted by atomic mass is 10.1. The molecule has 0 saturated carbocycles. The number of rotatable bonds is 6. The van der Waals surface area contributed by atoms with Crippen LogP contribution in [0, 0.1) is 11.8 Å². The molecule has 1 heterocycles. The molecule has 0 radical (unpaired) electrons. The van der Waals surface area contributed by atoms with Crippen LogP contribution in [-0.4, -0.2) is 25.6 Å². The quantitative estimate of drug-likeness (QED) is 0.848. The van der Waals surface area contributed by atoms with Gasteiger partial charge in [0.2, 0.25) is 5.91 Å². The van der Waals surface area contributed by atoms with Gasteiger partial charge in [-0.1, -0.05) is 32.0 Å². The Labute approximate surface area is 133 Å². The number of ether oxygens (including phenoxy) is 1. The van der Waals surface area contributed by atoms with Gasteiger partial charge in [-0.2, -0.15) is 0 Å². The summed E-state index contributed by atoms with van der Waals surface area (Å²) in [4.78, 5) is 12.0. The molecule has 1 amide bonds. The first kappa shape index (κ1) is 17.8. The van der Waals surface area contributed by atoms with Crippen molar-refractivity contribution in [3.63, 3.8) is 0 Å². The molecule has 0 aromatic heterocycles. The molecular weight excluding hydrogens is 288 g/mol. The van der Waals surface area contributed by atoms with Crippen LogP contribution in [0.2, 0.25) is 0 Å². The number of halogens is 1. The van der Waals surface area contributed by atoms with E-state index in [0.717, 1.165) is 30.8 Å². The lowest BCUT2D eigenvalue weighted by molar-refractivity contribution is -0.124. The van der Waals surface area contributed by atoms with E-state index in [9.17, 15) is 4.79 Å². The monoisotopic (exact) mass is 312 g/mol. The lowest BCUT2D eigenvalue weighted by Crippen LogP contribution is -2.31. The van der Waals surface area contributed by atoms with E-state index in [1.54, 1.807) is 0 Å². The maximum absolute atomic E-state index is 12.0. The fraction of sp³-hybridized carbons (Fsp3) is 0.562. The molecule has 0 aliphatic carbocycles. The van der Waals surface area contributed by atoms with Crippen LogP contribution in [0.5, 0.6) is 5.75 Å². The Kier molecular flexibility index (Phi) is 7.54. The van der Waals surface area contributed by atoms with Crippen LogP contribution in [0.15, 0.2) is 24.3 Å². The molecule has 0 spiro atoms. The Morgan fingerprint density at radius 2 is 2.19 bits per heavy atom. The van der Waals surface area contributed by atoms with Crippen LogP contribution in [-0.2, 0) is 11.3 Å². The van der Waals surface area contributed by atoms with Gasteiger partial charge in [0.25, 0.3) is 0 Å². The van der Waals surface area contributed by atoms with E-state index in [4.69, 9.17) is 4.74 Å². The average Bonchev–Trinajstić information content (AvgIpc) is 2.97. The van der Waals surface area contributed by atoms with Crippen molar-refractivity contribution in [2.45, 2.75) is 26.8 Å². The summed E-state index contributed by atoms with van der Waals surface area (Å²) in [5, 5.41) is 6.22. The molecule has 1 aliphatic heterocycles. The standard InChI is InChI=1S/C16H24N2O2.ClH/c1-12(2)11-20-15-6-4-3-5-13(15)10-18-16(19)14-7-8-17-9-14;/h3-6,12,14,17H,7-11H2,1-2H3,(H,18,19);1H. The topological polar surface area (TPSA) is 50.4 Å². The maximum atomic E-state index is 12.0. The third-order valence-corrected chi connectivity index (χ3v) is 3.43. The van der Waals surface area contributed by atoms with Crippen LogP contribution in [0.4, 0.5) is 0 Å². The summed E-state index contributed by atoms with van der Waals surface area (Å²) in [5.41, 5.74) is 1.03. The Balaban J connectivity index is 0.00000220. The van der Waals surface area contributed by atoms with Crippen LogP contribution >= 0.6 is 12.4 Å². The Hall–Kier alpha value is -1.26. The summed E-state index contributed by atoms with van der Waals surface area (Å²) in [6.45, 7) is 7.19. The molecule has 1 saturated heterocycles. The summed E-state index contributed by atoms with van der Waals surface area (Å²) in [5.74, 6) is 1.60. The van der Waals surface area contributed by atoms with E-state index in [0.29, 0.717) is 19.1 Å². The largest absolute Gasteiger partial charge is 0.493 e. The summed E-state index contributed by atoms with van der Waals surface area (Å²) < 4.78 is 5.79. The van der Waals surface area contributed by atoms with Crippen LogP contribution in [0.25, 0.3) is 0 Å². The van der Waals surface area contributed by atoms with Crippen molar-refractivity contribution in [2.24, 2.45) is 11.8 Å². The van der Waals surface area contributed by atoms with Gasteiger partial charge in [-0.3, -0.25) is 4.79 Å². The van der Waals surface area contributed by atoms with Crippen molar-refractivity contribution in [2.75, 3.05) is 19.7 Å². The van der Waals surface area contributed by atoms with Gasteiger partial charge in [0.15, 0.2) is 0 Å². The van der Waals surface area contributed by atoms with Gasteiger partial charge in [0.1, 0.15) is 5.75 Å². The van der Waals surface area contributed by atoms with Crippen molar-refractivity contribution in [3.05, 3.63) is 29.8 Å². The average molecular weight is 313 g/mol. The fourth-order valence-electron chi connectivity index (χ4n) is 2.25. The van der Waals surface area contributed by atoms with Gasteiger partial charge in [-0.25, -0.2) is 0 Å². The molecule has 1 aromatic carbocycles. The molecule has 21 heavy (non-hydrogen) atoms. The molecule has 4 nitrogen and oxygen atoms in total. The predicted molar refractivity (Wildman–Crippen MR) is 86.8 cm³/mol. The number of carbonyl (C=O) groups is 1. The van der Waals surface area contributed by atoms with E-state index in [-0.39, 0.29) is 24.2 Å². The number of benzene rings is 1. The fourth-order valence-corrected chi connectivity index (χ4v) is 2.25. The van der Waals surface area contributed by atoms with Crippen molar-refractivity contribution in [1.82, 2.24) is 10.6 Å². The summed E-state index contributed by atoms with van der Waals surface area (Å²) >= 11 is 0. The van der Waals surface area contributed by atoms with Gasteiger partial charge in [-0.15, -0.1) is 12.4 Å². The molecule has 118 valence electrons. The Morgan fingerprint density at radius 1 is 1.43 bits per heavy atom. The molecule has 1 aromatic rings. The number of nitrogens with one attached hydrogen (secondary N) is 2. The number of para-hydroxylation sites is 1. The highest BCUT2D eigenvalue weighted by molar-refractivity contribution is 5.85. The number of amides is 1. The minimum atomic E-state index is 0. The molecule has 1 aliphatic rings. The third kappa shape index (κ3) is 5.56. The van der Waals surface area contributed by atoms with E-state index in [1.807, 2.05) is 24.3 Å². The zero-order valence-corrected chi connectivity index (χ0v) is 13.5. The molecular formula is C16H25ClN2O2. The molecule has 2 N–H and O–H groups in total. The third-order valence-electron chi connectivity index (χ3n) is 3.43. The second kappa shape index (κ2) is 8.90. The van der Waals surface area contributed by atoms with Gasteiger partial charge < -0.3 is 15.4 Å². The van der Waals surface area contributed by atoms with Crippen LogP contribution in [0.1, 0.15) is 25.8 Å². The second-order valence-electron chi connectivity index (χ2n) is 5.72. The van der Waals surface area contributed by atoms with Gasteiger partial charge >= 0.3 is 0 Å².